The van der Waals surface area contributed by atoms with Crippen molar-refractivity contribution in [3.63, 3.8) is 0 Å². The van der Waals surface area contributed by atoms with Crippen molar-refractivity contribution < 1.29 is 0 Å². The van der Waals surface area contributed by atoms with Gasteiger partial charge in [-0.1, -0.05) is 199 Å². The highest BCUT2D eigenvalue weighted by atomic mass is 15.1. The van der Waals surface area contributed by atoms with Gasteiger partial charge in [0, 0.05) is 27.5 Å². The van der Waals surface area contributed by atoms with E-state index in [1.54, 1.807) is 11.1 Å². The Morgan fingerprint density at radius 1 is 0.371 bits per heavy atom. The van der Waals surface area contributed by atoms with Gasteiger partial charge in [-0.15, -0.1) is 0 Å². The van der Waals surface area contributed by atoms with E-state index >= 15 is 0 Å². The van der Waals surface area contributed by atoms with Crippen molar-refractivity contribution in [2.45, 2.75) is 71.1 Å². The molecule has 0 bridgehead atoms. The summed E-state index contributed by atoms with van der Waals surface area (Å²) in [6, 6.07) is 71.2. The predicted octanol–water partition coefficient (Wildman–Crippen LogP) is 20.1. The standard InChI is InChI=1S/C69H57N/c1-46-26-38-56(39-27-46)70(69-62-22-11-10-21-61(62)68-66-60(24-13-25-63(66)69)59-23-12-19-55-45-54-18-8-9-20-58(54)67(68)65(55)59)57-40-32-51(33-41-57)44-64(52-34-28-49(29-35-52)42-47-14-4-2-5-15-47)53-36-30-50(31-37-53)43-48-16-6-3-7-17-48/h8-13,18-45H,2-7,14-17H2,1H3. The Morgan fingerprint density at radius 3 is 1.46 bits per heavy atom. The maximum absolute atomic E-state index is 2.51. The molecule has 2 saturated carbocycles. The Hall–Kier alpha value is -7.74. The summed E-state index contributed by atoms with van der Waals surface area (Å²) in [6.45, 7) is 2.18. The van der Waals surface area contributed by atoms with E-state index in [0.717, 1.165) is 11.4 Å². The molecule has 70 heavy (non-hydrogen) atoms. The maximum atomic E-state index is 2.51. The maximum Gasteiger partial charge on any atom is 0.0619 e. The number of nitrogens with zero attached hydrogens (tertiary/aromatic N) is 1. The quantitative estimate of drug-likeness (QED) is 0.0834. The number of hydrogen-bond donors (Lipinski definition) is 0. The smallest absolute Gasteiger partial charge is 0.0619 e. The third-order valence-electron chi connectivity index (χ3n) is 15.6. The minimum absolute atomic E-state index is 1.12. The Balaban J connectivity index is 0.977. The number of anilines is 3. The first kappa shape index (κ1) is 42.4. The summed E-state index contributed by atoms with van der Waals surface area (Å²) >= 11 is 0. The highest BCUT2D eigenvalue weighted by Gasteiger charge is 2.25. The van der Waals surface area contributed by atoms with Crippen molar-refractivity contribution in [3.05, 3.63) is 233 Å². The fourth-order valence-corrected chi connectivity index (χ4v) is 12.1. The molecule has 0 aromatic heterocycles. The minimum atomic E-state index is 1.12. The van der Waals surface area contributed by atoms with Gasteiger partial charge in [-0.3, -0.25) is 0 Å². The first-order valence-electron chi connectivity index (χ1n) is 25.8. The molecule has 0 saturated heterocycles. The second-order valence-corrected chi connectivity index (χ2v) is 20.2. The molecule has 1 heteroatoms. The monoisotopic (exact) mass is 899 g/mol. The van der Waals surface area contributed by atoms with Crippen LogP contribution < -0.4 is 4.90 Å². The van der Waals surface area contributed by atoms with Crippen LogP contribution in [-0.2, 0) is 0 Å². The van der Waals surface area contributed by atoms with Crippen molar-refractivity contribution in [1.82, 2.24) is 0 Å². The number of allylic oxidation sites excluding steroid dienone is 2. The van der Waals surface area contributed by atoms with E-state index in [4.69, 9.17) is 0 Å². The van der Waals surface area contributed by atoms with Crippen molar-refractivity contribution in [2.75, 3.05) is 4.90 Å². The molecular weight excluding hydrogens is 843 g/mol. The number of hydrogen-bond acceptors (Lipinski definition) is 1. The lowest BCUT2D eigenvalue weighted by Crippen LogP contribution is -2.11. The second-order valence-electron chi connectivity index (χ2n) is 20.2. The molecule has 0 unspecified atom stereocenters. The summed E-state index contributed by atoms with van der Waals surface area (Å²) in [4.78, 5) is 2.51. The fraction of sp³-hybridized carbons (Fsp3) is 0.159. The van der Waals surface area contributed by atoms with Gasteiger partial charge in [-0.05, 0) is 177 Å². The van der Waals surface area contributed by atoms with Gasteiger partial charge in [0.25, 0.3) is 0 Å². The van der Waals surface area contributed by atoms with Crippen LogP contribution in [0.1, 0.15) is 97.6 Å². The zero-order valence-electron chi connectivity index (χ0n) is 40.1. The second kappa shape index (κ2) is 18.0. The molecule has 2 fully saturated rings. The van der Waals surface area contributed by atoms with E-state index in [9.17, 15) is 0 Å². The molecule has 2 aliphatic rings. The van der Waals surface area contributed by atoms with Crippen LogP contribution in [0.15, 0.2) is 199 Å². The summed E-state index contributed by atoms with van der Waals surface area (Å²) in [5.41, 5.74) is 15.4. The Labute approximate surface area is 412 Å². The van der Waals surface area contributed by atoms with Gasteiger partial charge < -0.3 is 4.90 Å². The summed E-state index contributed by atoms with van der Waals surface area (Å²) in [7, 11) is 0. The molecule has 11 aromatic rings. The molecule has 0 N–H and O–H groups in total. The van der Waals surface area contributed by atoms with Gasteiger partial charge in [0.05, 0.1) is 5.69 Å². The van der Waals surface area contributed by atoms with Crippen LogP contribution in [0.2, 0.25) is 0 Å². The molecule has 0 aliphatic heterocycles. The summed E-state index contributed by atoms with van der Waals surface area (Å²) < 4.78 is 0. The van der Waals surface area contributed by atoms with Gasteiger partial charge in [0.2, 0.25) is 0 Å². The number of fused-ring (bicyclic) bond motifs is 6. The summed E-state index contributed by atoms with van der Waals surface area (Å²) in [5.74, 6) is 0. The molecule has 0 spiro atoms. The minimum Gasteiger partial charge on any atom is -0.309 e. The molecule has 338 valence electrons. The average Bonchev–Trinajstić information content (AvgIpc) is 3.41. The van der Waals surface area contributed by atoms with Crippen LogP contribution in [-0.4, -0.2) is 0 Å². The zero-order valence-corrected chi connectivity index (χ0v) is 40.1. The van der Waals surface area contributed by atoms with Crippen LogP contribution in [0.5, 0.6) is 0 Å². The summed E-state index contributed by atoms with van der Waals surface area (Å²) in [6.07, 6.45) is 20.2. The van der Waals surface area contributed by atoms with Crippen molar-refractivity contribution in [3.8, 4) is 0 Å². The highest BCUT2D eigenvalue weighted by Crippen LogP contribution is 2.52. The van der Waals surface area contributed by atoms with Crippen LogP contribution >= 0.6 is 0 Å². The highest BCUT2D eigenvalue weighted by molar-refractivity contribution is 6.44. The molecule has 2 aliphatic carbocycles. The molecule has 13 rings (SSSR count). The van der Waals surface area contributed by atoms with Gasteiger partial charge >= 0.3 is 0 Å². The lowest BCUT2D eigenvalue weighted by Gasteiger charge is -2.30. The van der Waals surface area contributed by atoms with Crippen LogP contribution in [0.3, 0.4) is 0 Å². The number of aryl methyl sites for hydroxylation is 1. The van der Waals surface area contributed by atoms with Gasteiger partial charge in [0.1, 0.15) is 0 Å². The number of rotatable bonds is 8. The van der Waals surface area contributed by atoms with Crippen LogP contribution in [0, 0.1) is 6.92 Å². The summed E-state index contributed by atoms with van der Waals surface area (Å²) in [5, 5.41) is 15.6. The molecule has 1 nitrogen and oxygen atoms in total. The predicted molar refractivity (Wildman–Crippen MR) is 304 cm³/mol. The van der Waals surface area contributed by atoms with Crippen molar-refractivity contribution in [1.29, 1.82) is 0 Å². The topological polar surface area (TPSA) is 3.24 Å². The molecular formula is C69H57N. The van der Waals surface area contributed by atoms with Gasteiger partial charge in [-0.25, -0.2) is 0 Å². The zero-order chi connectivity index (χ0) is 46.5. The van der Waals surface area contributed by atoms with Crippen LogP contribution in [0.4, 0.5) is 17.1 Å². The largest absolute Gasteiger partial charge is 0.309 e. The van der Waals surface area contributed by atoms with E-state index < -0.39 is 0 Å². The number of benzene rings is 11. The first-order valence-corrected chi connectivity index (χ1v) is 25.8. The van der Waals surface area contributed by atoms with E-state index in [2.05, 4.69) is 218 Å². The third kappa shape index (κ3) is 7.66. The molecule has 0 radical (unpaired) electrons. The Morgan fingerprint density at radius 2 is 0.829 bits per heavy atom. The molecule has 11 aromatic carbocycles. The van der Waals surface area contributed by atoms with E-state index in [1.807, 2.05) is 0 Å². The lowest BCUT2D eigenvalue weighted by molar-refractivity contribution is 0.602. The SMILES string of the molecule is Cc1ccc(N(c2ccc(C=C(c3ccc(C=C4CCCCC4)cc3)c3ccc(C=C4CCCCC4)cc3)cc2)c2c3ccccc3c3c4c2cccc4c2cccc4cc5ccccc5c3c42)cc1. The normalized spacial score (nSPS) is 14.3. The molecule has 0 atom stereocenters. The van der Waals surface area contributed by atoms with Crippen molar-refractivity contribution in [2.24, 2.45) is 0 Å². The Kier molecular flexibility index (Phi) is 10.9. The average molecular weight is 900 g/mol. The van der Waals surface area contributed by atoms with E-state index in [1.165, 1.54) is 173 Å². The molecule has 0 amide bonds. The van der Waals surface area contributed by atoms with Crippen LogP contribution in [0.25, 0.3) is 88.4 Å². The van der Waals surface area contributed by atoms with Crippen molar-refractivity contribution >= 4 is 105 Å². The van der Waals surface area contributed by atoms with Gasteiger partial charge in [-0.2, -0.15) is 0 Å². The van der Waals surface area contributed by atoms with Gasteiger partial charge in [0.15, 0.2) is 0 Å². The van der Waals surface area contributed by atoms with E-state index in [0.29, 0.717) is 0 Å². The first-order chi connectivity index (χ1) is 34.6. The third-order valence-corrected chi connectivity index (χ3v) is 15.6. The fourth-order valence-electron chi connectivity index (χ4n) is 12.1. The lowest BCUT2D eigenvalue weighted by atomic mass is 9.84. The Bertz CT molecular complexity index is 3760. The van der Waals surface area contributed by atoms with E-state index in [-0.39, 0.29) is 0 Å². The molecule has 0 heterocycles.